The minimum absolute atomic E-state index is 0.648. The van der Waals surface area contributed by atoms with Crippen molar-refractivity contribution in [1.82, 2.24) is 9.97 Å². The lowest BCUT2D eigenvalue weighted by Gasteiger charge is -2.22. The van der Waals surface area contributed by atoms with Gasteiger partial charge in [0.1, 0.15) is 11.6 Å². The molecule has 0 amide bonds. The molecule has 0 radical (unpaired) electrons. The highest BCUT2D eigenvalue weighted by Crippen LogP contribution is 2.38. The fourth-order valence-corrected chi connectivity index (χ4v) is 2.79. The van der Waals surface area contributed by atoms with Gasteiger partial charge in [0.05, 0.1) is 0 Å². The highest BCUT2D eigenvalue weighted by Gasteiger charge is 2.27. The third kappa shape index (κ3) is 2.59. The fourth-order valence-electron chi connectivity index (χ4n) is 2.79. The Balaban J connectivity index is 1.66. The van der Waals surface area contributed by atoms with Crippen LogP contribution in [0.25, 0.3) is 0 Å². The minimum Gasteiger partial charge on any atom is -0.359 e. The summed E-state index contributed by atoms with van der Waals surface area (Å²) in [6.45, 7) is 1.15. The summed E-state index contributed by atoms with van der Waals surface area (Å²) in [5.41, 5.74) is 0. The van der Waals surface area contributed by atoms with Crippen LogP contribution in [0.3, 0.4) is 0 Å². The molecular weight excluding hydrogens is 210 g/mol. The third-order valence-corrected chi connectivity index (χ3v) is 4.00. The van der Waals surface area contributed by atoms with E-state index >= 15 is 0 Å². The monoisotopic (exact) mass is 231 g/mol. The number of aromatic nitrogens is 2. The van der Waals surface area contributed by atoms with E-state index in [-0.39, 0.29) is 0 Å². The highest BCUT2D eigenvalue weighted by molar-refractivity contribution is 5.37. The molecule has 2 aliphatic rings. The van der Waals surface area contributed by atoms with Crippen molar-refractivity contribution in [3.8, 4) is 0 Å². The van der Waals surface area contributed by atoms with Crippen LogP contribution in [0.2, 0.25) is 0 Å². The molecule has 0 aliphatic heterocycles. The Bertz CT molecular complexity index is 381. The molecule has 0 bridgehead atoms. The summed E-state index contributed by atoms with van der Waals surface area (Å²) in [7, 11) is 2.16. The van der Waals surface area contributed by atoms with Gasteiger partial charge in [0.25, 0.3) is 0 Å². The molecule has 0 N–H and O–H groups in total. The zero-order chi connectivity index (χ0) is 11.7. The van der Waals surface area contributed by atoms with Gasteiger partial charge in [-0.1, -0.05) is 12.8 Å². The number of nitrogens with zero attached hydrogens (tertiary/aromatic N) is 3. The molecule has 1 aromatic rings. The van der Waals surface area contributed by atoms with E-state index in [2.05, 4.69) is 16.9 Å². The van der Waals surface area contributed by atoms with Crippen LogP contribution in [0.15, 0.2) is 12.3 Å². The van der Waals surface area contributed by atoms with E-state index in [1.807, 2.05) is 12.3 Å². The molecule has 3 nitrogen and oxygen atoms in total. The van der Waals surface area contributed by atoms with Gasteiger partial charge in [-0.3, -0.25) is 0 Å². The molecule has 92 valence electrons. The molecule has 1 heterocycles. The van der Waals surface area contributed by atoms with Crippen LogP contribution < -0.4 is 4.90 Å². The van der Waals surface area contributed by atoms with Crippen molar-refractivity contribution >= 4 is 5.82 Å². The van der Waals surface area contributed by atoms with Gasteiger partial charge in [0.2, 0.25) is 0 Å². The smallest absolute Gasteiger partial charge is 0.133 e. The molecule has 3 rings (SSSR count). The molecular formula is C14H21N3. The van der Waals surface area contributed by atoms with Crippen LogP contribution in [0.4, 0.5) is 5.82 Å². The third-order valence-electron chi connectivity index (χ3n) is 4.00. The largest absolute Gasteiger partial charge is 0.359 e. The number of rotatable bonds is 4. The lowest BCUT2D eigenvalue weighted by atomic mass is 10.1. The fraction of sp³-hybridized carbons (Fsp3) is 0.714. The lowest BCUT2D eigenvalue weighted by molar-refractivity contribution is 0.544. The Hall–Kier alpha value is -1.12. The van der Waals surface area contributed by atoms with Crippen molar-refractivity contribution in [2.75, 3.05) is 18.5 Å². The molecule has 3 heteroatoms. The second-order valence-electron chi connectivity index (χ2n) is 5.58. The van der Waals surface area contributed by atoms with E-state index in [0.29, 0.717) is 5.92 Å². The summed E-state index contributed by atoms with van der Waals surface area (Å²) >= 11 is 0. The topological polar surface area (TPSA) is 29.0 Å². The molecule has 2 fully saturated rings. The SMILES string of the molecule is CN(CC1CCCC1)c1ccnc(C2CC2)n1. The molecule has 2 aliphatic carbocycles. The molecule has 0 aromatic carbocycles. The zero-order valence-corrected chi connectivity index (χ0v) is 10.6. The molecule has 1 aromatic heterocycles. The van der Waals surface area contributed by atoms with Crippen molar-refractivity contribution < 1.29 is 0 Å². The minimum atomic E-state index is 0.648. The highest BCUT2D eigenvalue weighted by atomic mass is 15.2. The van der Waals surface area contributed by atoms with Gasteiger partial charge in [0.15, 0.2) is 0 Å². The van der Waals surface area contributed by atoms with Gasteiger partial charge in [-0.15, -0.1) is 0 Å². The van der Waals surface area contributed by atoms with Crippen LogP contribution in [0.5, 0.6) is 0 Å². The standard InChI is InChI=1S/C14H21N3/c1-17(10-11-4-2-3-5-11)13-8-9-15-14(16-13)12-6-7-12/h8-9,11-12H,2-7,10H2,1H3. The molecule has 0 spiro atoms. The van der Waals surface area contributed by atoms with Crippen LogP contribution in [-0.2, 0) is 0 Å². The summed E-state index contributed by atoms with van der Waals surface area (Å²) in [6, 6.07) is 2.04. The normalized spacial score (nSPS) is 20.8. The van der Waals surface area contributed by atoms with Gasteiger partial charge in [-0.2, -0.15) is 0 Å². The summed E-state index contributed by atoms with van der Waals surface area (Å²) < 4.78 is 0. The number of hydrogen-bond acceptors (Lipinski definition) is 3. The first-order valence-electron chi connectivity index (χ1n) is 6.87. The molecule has 0 atom stereocenters. The molecule has 0 unspecified atom stereocenters. The predicted octanol–water partition coefficient (Wildman–Crippen LogP) is 2.98. The Morgan fingerprint density at radius 1 is 1.24 bits per heavy atom. The first-order chi connectivity index (χ1) is 8.33. The number of anilines is 1. The Labute approximate surface area is 103 Å². The zero-order valence-electron chi connectivity index (χ0n) is 10.6. The first kappa shape index (κ1) is 11.0. The van der Waals surface area contributed by atoms with E-state index in [0.717, 1.165) is 24.1 Å². The number of hydrogen-bond donors (Lipinski definition) is 0. The van der Waals surface area contributed by atoms with Crippen LogP contribution in [0, 0.1) is 5.92 Å². The van der Waals surface area contributed by atoms with Crippen LogP contribution in [0.1, 0.15) is 50.3 Å². The van der Waals surface area contributed by atoms with Crippen molar-refractivity contribution in [1.29, 1.82) is 0 Å². The average Bonchev–Trinajstić information content (AvgIpc) is 3.09. The summed E-state index contributed by atoms with van der Waals surface area (Å²) in [4.78, 5) is 11.4. The summed E-state index contributed by atoms with van der Waals surface area (Å²) in [5.74, 6) is 3.68. The average molecular weight is 231 g/mol. The van der Waals surface area contributed by atoms with E-state index in [9.17, 15) is 0 Å². The maximum Gasteiger partial charge on any atom is 0.133 e. The first-order valence-corrected chi connectivity index (χ1v) is 6.87. The van der Waals surface area contributed by atoms with Gasteiger partial charge in [-0.25, -0.2) is 9.97 Å². The van der Waals surface area contributed by atoms with Crippen molar-refractivity contribution in [3.63, 3.8) is 0 Å². The van der Waals surface area contributed by atoms with Gasteiger partial charge < -0.3 is 4.90 Å². The second kappa shape index (κ2) is 4.63. The van der Waals surface area contributed by atoms with E-state index in [1.54, 1.807) is 0 Å². The Morgan fingerprint density at radius 3 is 2.71 bits per heavy atom. The van der Waals surface area contributed by atoms with Crippen molar-refractivity contribution in [2.24, 2.45) is 5.92 Å². The Morgan fingerprint density at radius 2 is 2.00 bits per heavy atom. The molecule has 2 saturated carbocycles. The van der Waals surface area contributed by atoms with E-state index < -0.39 is 0 Å². The lowest BCUT2D eigenvalue weighted by Crippen LogP contribution is -2.25. The van der Waals surface area contributed by atoms with Crippen molar-refractivity contribution in [2.45, 2.75) is 44.4 Å². The molecule has 0 saturated heterocycles. The van der Waals surface area contributed by atoms with Gasteiger partial charge in [0, 0.05) is 25.7 Å². The molecule has 17 heavy (non-hydrogen) atoms. The van der Waals surface area contributed by atoms with Crippen molar-refractivity contribution in [3.05, 3.63) is 18.1 Å². The maximum atomic E-state index is 4.69. The van der Waals surface area contributed by atoms with E-state index in [1.165, 1.54) is 38.5 Å². The van der Waals surface area contributed by atoms with Crippen LogP contribution in [-0.4, -0.2) is 23.6 Å². The van der Waals surface area contributed by atoms with Gasteiger partial charge in [-0.05, 0) is 37.7 Å². The quantitative estimate of drug-likeness (QED) is 0.797. The van der Waals surface area contributed by atoms with E-state index in [4.69, 9.17) is 4.98 Å². The second-order valence-corrected chi connectivity index (χ2v) is 5.58. The predicted molar refractivity (Wildman–Crippen MR) is 69.2 cm³/mol. The Kier molecular flexibility index (Phi) is 3.00. The van der Waals surface area contributed by atoms with Gasteiger partial charge >= 0.3 is 0 Å². The van der Waals surface area contributed by atoms with Crippen LogP contribution >= 0.6 is 0 Å². The summed E-state index contributed by atoms with van der Waals surface area (Å²) in [6.07, 6.45) is 10.1. The maximum absolute atomic E-state index is 4.69. The summed E-state index contributed by atoms with van der Waals surface area (Å²) in [5, 5.41) is 0.